The van der Waals surface area contributed by atoms with Crippen molar-refractivity contribution in [1.29, 1.82) is 0 Å². The van der Waals surface area contributed by atoms with E-state index in [-0.39, 0.29) is 12.5 Å². The average Bonchev–Trinajstić information content (AvgIpc) is 3.22. The number of nitrogens with one attached hydrogen (secondary N) is 1. The number of carbonyl (C=O) groups excluding carboxylic acids is 1. The molecule has 0 heterocycles. The molecule has 332 valence electrons. The van der Waals surface area contributed by atoms with Gasteiger partial charge in [-0.15, -0.1) is 0 Å². The summed E-state index contributed by atoms with van der Waals surface area (Å²) in [7, 11) is 0. The Morgan fingerprint density at radius 2 is 0.772 bits per heavy atom. The first kappa shape index (κ1) is 55.1. The molecule has 1 amide bonds. The molecule has 0 radical (unpaired) electrons. The number of amides is 1. The summed E-state index contributed by atoms with van der Waals surface area (Å²) in [5.74, 6) is -0.0319. The summed E-state index contributed by atoms with van der Waals surface area (Å²) in [6.07, 6.45) is 67.7. The van der Waals surface area contributed by atoms with Crippen molar-refractivity contribution in [1.82, 2.24) is 5.32 Å². The van der Waals surface area contributed by atoms with Crippen LogP contribution in [0, 0.1) is 0 Å². The Balaban J connectivity index is 3.42. The highest BCUT2D eigenvalue weighted by Gasteiger charge is 2.20. The molecule has 0 rings (SSSR count). The fraction of sp³-hybridized carbons (Fsp3) is 0.792. The number of unbranched alkanes of at least 4 members (excludes halogenated alkanes) is 28. The molecule has 3 N–H and O–H groups in total. The zero-order chi connectivity index (χ0) is 41.4. The Morgan fingerprint density at radius 3 is 1.16 bits per heavy atom. The molecule has 0 spiro atoms. The summed E-state index contributed by atoms with van der Waals surface area (Å²) >= 11 is 0. The molecule has 0 aliphatic rings. The van der Waals surface area contributed by atoms with Crippen molar-refractivity contribution in [3.8, 4) is 0 Å². The van der Waals surface area contributed by atoms with Crippen LogP contribution in [0.2, 0.25) is 0 Å². The molecular weight excluding hydrogens is 699 g/mol. The van der Waals surface area contributed by atoms with Crippen LogP contribution in [0.3, 0.4) is 0 Å². The molecule has 4 nitrogen and oxygen atoms in total. The summed E-state index contributed by atoms with van der Waals surface area (Å²) in [5.41, 5.74) is 0. The van der Waals surface area contributed by atoms with E-state index in [1.807, 2.05) is 0 Å². The van der Waals surface area contributed by atoms with Gasteiger partial charge in [-0.2, -0.15) is 0 Å². The van der Waals surface area contributed by atoms with Gasteiger partial charge in [0.15, 0.2) is 0 Å². The Bertz CT molecular complexity index is 950. The van der Waals surface area contributed by atoms with Crippen LogP contribution in [0.4, 0.5) is 0 Å². The van der Waals surface area contributed by atoms with Crippen LogP contribution >= 0.6 is 0 Å². The number of hydrogen-bond acceptors (Lipinski definition) is 3. The van der Waals surface area contributed by atoms with Crippen LogP contribution in [0.1, 0.15) is 251 Å². The van der Waals surface area contributed by atoms with Gasteiger partial charge < -0.3 is 15.5 Å². The van der Waals surface area contributed by atoms with E-state index in [0.717, 1.165) is 57.8 Å². The highest BCUT2D eigenvalue weighted by atomic mass is 16.3. The third kappa shape index (κ3) is 45.0. The fourth-order valence-corrected chi connectivity index (χ4v) is 7.51. The monoisotopic (exact) mass is 796 g/mol. The van der Waals surface area contributed by atoms with Crippen LogP contribution < -0.4 is 5.32 Å². The molecule has 4 heteroatoms. The number of aliphatic hydroxyl groups excluding tert-OH is 2. The Kier molecular flexibility index (Phi) is 46.8. The van der Waals surface area contributed by atoms with Gasteiger partial charge in [0.25, 0.3) is 0 Å². The fourth-order valence-electron chi connectivity index (χ4n) is 7.51. The van der Waals surface area contributed by atoms with E-state index in [0.29, 0.717) is 12.8 Å². The molecular formula is C53H97NO3. The molecule has 0 fully saturated rings. The Morgan fingerprint density at radius 1 is 0.439 bits per heavy atom. The highest BCUT2D eigenvalue weighted by molar-refractivity contribution is 5.76. The second-order valence-corrected chi connectivity index (χ2v) is 16.9. The van der Waals surface area contributed by atoms with Crippen molar-refractivity contribution in [2.24, 2.45) is 0 Å². The van der Waals surface area contributed by atoms with Gasteiger partial charge in [0.1, 0.15) is 0 Å². The SMILES string of the molecule is CC/C=C\C/C=C\C/C=C\C/C=C\C/C=C\CCCCCCCCCCCCCCCCCCCCCC(=O)NC(CO)C(O)CCCCCCCCCCCC. The summed E-state index contributed by atoms with van der Waals surface area (Å²) in [5, 5.41) is 23.1. The van der Waals surface area contributed by atoms with E-state index in [2.05, 4.69) is 79.9 Å². The van der Waals surface area contributed by atoms with Gasteiger partial charge >= 0.3 is 0 Å². The number of hydrogen-bond donors (Lipinski definition) is 3. The normalized spacial score (nSPS) is 13.4. The molecule has 0 aromatic heterocycles. The highest BCUT2D eigenvalue weighted by Crippen LogP contribution is 2.16. The summed E-state index contributed by atoms with van der Waals surface area (Å²) in [4.78, 5) is 12.4. The van der Waals surface area contributed by atoms with Gasteiger partial charge in [0.2, 0.25) is 5.91 Å². The van der Waals surface area contributed by atoms with Crippen molar-refractivity contribution >= 4 is 5.91 Å². The lowest BCUT2D eigenvalue weighted by atomic mass is 10.0. The van der Waals surface area contributed by atoms with Gasteiger partial charge in [-0.05, 0) is 57.8 Å². The lowest BCUT2D eigenvalue weighted by Crippen LogP contribution is -2.45. The van der Waals surface area contributed by atoms with Crippen LogP contribution in [0.15, 0.2) is 60.8 Å². The van der Waals surface area contributed by atoms with Crippen LogP contribution in [-0.4, -0.2) is 34.9 Å². The third-order valence-corrected chi connectivity index (χ3v) is 11.3. The molecule has 0 saturated heterocycles. The van der Waals surface area contributed by atoms with E-state index in [1.54, 1.807) is 0 Å². The summed E-state index contributed by atoms with van der Waals surface area (Å²) in [6.45, 7) is 4.23. The van der Waals surface area contributed by atoms with E-state index in [1.165, 1.54) is 167 Å². The van der Waals surface area contributed by atoms with E-state index in [4.69, 9.17) is 0 Å². The number of rotatable bonds is 45. The van der Waals surface area contributed by atoms with Gasteiger partial charge in [-0.25, -0.2) is 0 Å². The van der Waals surface area contributed by atoms with E-state index >= 15 is 0 Å². The summed E-state index contributed by atoms with van der Waals surface area (Å²) < 4.78 is 0. The molecule has 2 atom stereocenters. The minimum Gasteiger partial charge on any atom is -0.394 e. The molecule has 0 aromatic rings. The van der Waals surface area contributed by atoms with Gasteiger partial charge in [-0.1, -0.05) is 248 Å². The maximum absolute atomic E-state index is 12.4. The maximum atomic E-state index is 12.4. The number of carbonyl (C=O) groups is 1. The maximum Gasteiger partial charge on any atom is 0.220 e. The minimum absolute atomic E-state index is 0.0319. The first-order valence-corrected chi connectivity index (χ1v) is 25.0. The molecule has 0 aromatic carbocycles. The molecule has 0 aliphatic carbocycles. The van der Waals surface area contributed by atoms with Crippen molar-refractivity contribution in [2.75, 3.05) is 6.61 Å². The largest absolute Gasteiger partial charge is 0.394 e. The lowest BCUT2D eigenvalue weighted by molar-refractivity contribution is -0.123. The quantitative estimate of drug-likeness (QED) is 0.0425. The van der Waals surface area contributed by atoms with E-state index < -0.39 is 12.1 Å². The van der Waals surface area contributed by atoms with Crippen LogP contribution in [0.5, 0.6) is 0 Å². The topological polar surface area (TPSA) is 69.6 Å². The molecule has 2 unspecified atom stereocenters. The second kappa shape index (κ2) is 48.5. The van der Waals surface area contributed by atoms with Crippen molar-refractivity contribution < 1.29 is 15.0 Å². The average molecular weight is 796 g/mol. The van der Waals surface area contributed by atoms with Gasteiger partial charge in [-0.3, -0.25) is 4.79 Å². The van der Waals surface area contributed by atoms with Crippen LogP contribution in [-0.2, 0) is 4.79 Å². The molecule has 0 bridgehead atoms. The minimum atomic E-state index is -0.657. The second-order valence-electron chi connectivity index (χ2n) is 16.9. The van der Waals surface area contributed by atoms with Crippen molar-refractivity contribution in [2.45, 2.75) is 264 Å². The zero-order valence-corrected chi connectivity index (χ0v) is 38.1. The molecule has 57 heavy (non-hydrogen) atoms. The van der Waals surface area contributed by atoms with E-state index in [9.17, 15) is 15.0 Å². The Labute approximate surface area is 356 Å². The summed E-state index contributed by atoms with van der Waals surface area (Å²) in [6, 6.07) is -0.534. The van der Waals surface area contributed by atoms with Crippen molar-refractivity contribution in [3.05, 3.63) is 60.8 Å². The smallest absolute Gasteiger partial charge is 0.220 e. The number of aliphatic hydroxyl groups is 2. The van der Waals surface area contributed by atoms with Gasteiger partial charge in [0.05, 0.1) is 18.8 Å². The first-order valence-electron chi connectivity index (χ1n) is 25.0. The number of allylic oxidation sites excluding steroid dienone is 10. The van der Waals surface area contributed by atoms with Gasteiger partial charge in [0, 0.05) is 6.42 Å². The zero-order valence-electron chi connectivity index (χ0n) is 38.1. The standard InChI is InChI=1S/C53H97NO3/c1-3-5-7-9-11-13-15-16-17-18-19-20-21-22-23-24-25-26-27-28-29-30-31-32-33-34-35-36-37-38-39-41-43-45-47-49-53(57)54-51(50-55)52(56)48-46-44-42-40-14-12-10-8-6-4-2/h5,7,11,13,16-17,19-20,22-23,51-52,55-56H,3-4,6,8-10,12,14-15,18,21,24-50H2,1-2H3,(H,54,57)/b7-5-,13-11-,17-16-,20-19-,23-22-. The molecule has 0 aliphatic heterocycles. The first-order chi connectivity index (χ1) is 28.2. The lowest BCUT2D eigenvalue weighted by Gasteiger charge is -2.22. The predicted molar refractivity (Wildman–Crippen MR) is 253 cm³/mol. The molecule has 0 saturated carbocycles. The predicted octanol–water partition coefficient (Wildman–Crippen LogP) is 16.1. The third-order valence-electron chi connectivity index (χ3n) is 11.3. The van der Waals surface area contributed by atoms with Crippen molar-refractivity contribution in [3.63, 3.8) is 0 Å². The Hall–Kier alpha value is -1.91. The van der Waals surface area contributed by atoms with Crippen LogP contribution in [0.25, 0.3) is 0 Å².